The smallest absolute Gasteiger partial charge is 0.172 e. The Balaban J connectivity index is 1.28. The van der Waals surface area contributed by atoms with Crippen LogP contribution in [0.25, 0.3) is 10.8 Å². The molecule has 0 bridgehead atoms. The van der Waals surface area contributed by atoms with Crippen molar-refractivity contribution >= 4 is 10.8 Å². The van der Waals surface area contributed by atoms with Crippen molar-refractivity contribution in [1.29, 1.82) is 0 Å². The largest absolute Gasteiger partial charge is 0.491 e. The average molecular weight is 423 g/mol. The zero-order valence-corrected chi connectivity index (χ0v) is 19.4. The summed E-state index contributed by atoms with van der Waals surface area (Å²) in [7, 11) is 0. The number of allylic oxidation sites excluding steroid dienone is 2. The zero-order chi connectivity index (χ0) is 21.6. The molecule has 2 fully saturated rings. The van der Waals surface area contributed by atoms with E-state index in [1.807, 2.05) is 19.1 Å². The summed E-state index contributed by atoms with van der Waals surface area (Å²) < 4.78 is 20.1. The van der Waals surface area contributed by atoms with Crippen molar-refractivity contribution in [3.05, 3.63) is 53.9 Å². The van der Waals surface area contributed by atoms with E-state index in [1.54, 1.807) is 6.07 Å². The van der Waals surface area contributed by atoms with E-state index in [2.05, 4.69) is 31.2 Å². The van der Waals surface area contributed by atoms with Gasteiger partial charge in [0.15, 0.2) is 11.6 Å². The standard InChI is InChI=1S/C29H39FO/c1-3-5-21-6-8-22(9-7-21)10-11-23-12-14-24(15-13-23)25-16-18-27-26(20-25)17-19-28(29(27)30)31-4-2/h3,5,16-24H,4,6-15H2,1-2H3/b5-3+. The Morgan fingerprint density at radius 1 is 0.903 bits per heavy atom. The lowest BCUT2D eigenvalue weighted by Crippen LogP contribution is -2.17. The second kappa shape index (κ2) is 10.7. The zero-order valence-electron chi connectivity index (χ0n) is 19.4. The summed E-state index contributed by atoms with van der Waals surface area (Å²) in [6.07, 6.45) is 18.4. The van der Waals surface area contributed by atoms with Gasteiger partial charge in [-0.25, -0.2) is 4.39 Å². The lowest BCUT2D eigenvalue weighted by Gasteiger charge is -2.31. The molecule has 168 valence electrons. The van der Waals surface area contributed by atoms with Gasteiger partial charge in [-0.3, -0.25) is 0 Å². The average Bonchev–Trinajstić information content (AvgIpc) is 2.81. The summed E-state index contributed by atoms with van der Waals surface area (Å²) in [5.74, 6) is 3.49. The van der Waals surface area contributed by atoms with Gasteiger partial charge in [0.2, 0.25) is 0 Å². The van der Waals surface area contributed by atoms with Crippen LogP contribution in [0.2, 0.25) is 0 Å². The molecule has 2 heteroatoms. The van der Waals surface area contributed by atoms with Crippen molar-refractivity contribution in [2.75, 3.05) is 6.61 Å². The first-order valence-electron chi connectivity index (χ1n) is 12.7. The van der Waals surface area contributed by atoms with E-state index in [-0.39, 0.29) is 5.82 Å². The molecular formula is C29H39FO. The quantitative estimate of drug-likeness (QED) is 0.405. The molecule has 2 saturated carbocycles. The van der Waals surface area contributed by atoms with Crippen molar-refractivity contribution in [3.63, 3.8) is 0 Å². The Morgan fingerprint density at radius 3 is 2.23 bits per heavy atom. The van der Waals surface area contributed by atoms with E-state index in [9.17, 15) is 4.39 Å². The van der Waals surface area contributed by atoms with E-state index in [4.69, 9.17) is 4.74 Å². The molecule has 31 heavy (non-hydrogen) atoms. The van der Waals surface area contributed by atoms with Crippen molar-refractivity contribution in [2.24, 2.45) is 17.8 Å². The molecule has 0 aliphatic heterocycles. The number of halogens is 1. The maximum Gasteiger partial charge on any atom is 0.172 e. The highest BCUT2D eigenvalue weighted by Crippen LogP contribution is 2.41. The monoisotopic (exact) mass is 422 g/mol. The van der Waals surface area contributed by atoms with Crippen LogP contribution in [0.15, 0.2) is 42.5 Å². The molecule has 2 aromatic rings. The minimum absolute atomic E-state index is 0.227. The van der Waals surface area contributed by atoms with E-state index >= 15 is 0 Å². The Kier molecular flexibility index (Phi) is 7.69. The third-order valence-corrected chi connectivity index (χ3v) is 7.90. The normalized spacial score (nSPS) is 27.1. The lowest BCUT2D eigenvalue weighted by molar-refractivity contribution is 0.246. The van der Waals surface area contributed by atoms with Gasteiger partial charge in [0.25, 0.3) is 0 Å². The van der Waals surface area contributed by atoms with Gasteiger partial charge in [-0.05, 0) is 106 Å². The molecule has 0 atom stereocenters. The van der Waals surface area contributed by atoms with Gasteiger partial charge < -0.3 is 4.74 Å². The highest BCUT2D eigenvalue weighted by molar-refractivity contribution is 5.85. The minimum atomic E-state index is -0.227. The molecule has 0 heterocycles. The molecule has 2 aliphatic carbocycles. The molecule has 0 aromatic heterocycles. The summed E-state index contributed by atoms with van der Waals surface area (Å²) in [5, 5.41) is 1.67. The van der Waals surface area contributed by atoms with E-state index < -0.39 is 0 Å². The van der Waals surface area contributed by atoms with Gasteiger partial charge in [-0.1, -0.05) is 49.3 Å². The molecule has 2 aromatic carbocycles. The van der Waals surface area contributed by atoms with Gasteiger partial charge in [0, 0.05) is 5.39 Å². The second-order valence-corrected chi connectivity index (χ2v) is 9.89. The van der Waals surface area contributed by atoms with Crippen LogP contribution < -0.4 is 4.74 Å². The number of rotatable bonds is 7. The predicted octanol–water partition coefficient (Wildman–Crippen LogP) is 8.81. The van der Waals surface area contributed by atoms with Crippen molar-refractivity contribution in [2.45, 2.75) is 84.0 Å². The fourth-order valence-corrected chi connectivity index (χ4v) is 6.01. The SMILES string of the molecule is C/C=C/C1CCC(CCC2CCC(c3ccc4c(F)c(OCC)ccc4c3)CC2)CC1. The molecule has 0 N–H and O–H groups in total. The number of ether oxygens (including phenoxy) is 1. The molecule has 0 unspecified atom stereocenters. The summed E-state index contributed by atoms with van der Waals surface area (Å²) in [5.41, 5.74) is 1.39. The molecule has 2 aliphatic rings. The summed E-state index contributed by atoms with van der Waals surface area (Å²) in [4.78, 5) is 0. The van der Waals surface area contributed by atoms with Gasteiger partial charge >= 0.3 is 0 Å². The van der Waals surface area contributed by atoms with E-state index in [0.29, 0.717) is 23.7 Å². The van der Waals surface area contributed by atoms with Crippen LogP contribution in [0.1, 0.15) is 89.5 Å². The van der Waals surface area contributed by atoms with Crippen molar-refractivity contribution in [3.8, 4) is 5.75 Å². The van der Waals surface area contributed by atoms with Crippen molar-refractivity contribution in [1.82, 2.24) is 0 Å². The van der Waals surface area contributed by atoms with Crippen LogP contribution in [0.3, 0.4) is 0 Å². The van der Waals surface area contributed by atoms with Gasteiger partial charge in [0.05, 0.1) is 6.61 Å². The number of benzene rings is 2. The molecular weight excluding hydrogens is 383 g/mol. The maximum absolute atomic E-state index is 14.7. The van der Waals surface area contributed by atoms with Crippen LogP contribution in [-0.2, 0) is 0 Å². The first kappa shape index (κ1) is 22.4. The van der Waals surface area contributed by atoms with Gasteiger partial charge in [-0.15, -0.1) is 0 Å². The van der Waals surface area contributed by atoms with Crippen LogP contribution in [0, 0.1) is 23.6 Å². The van der Waals surface area contributed by atoms with Crippen LogP contribution >= 0.6 is 0 Å². The molecule has 0 saturated heterocycles. The highest BCUT2D eigenvalue weighted by atomic mass is 19.1. The second-order valence-electron chi connectivity index (χ2n) is 9.89. The first-order chi connectivity index (χ1) is 15.2. The Morgan fingerprint density at radius 2 is 1.58 bits per heavy atom. The topological polar surface area (TPSA) is 9.23 Å². The summed E-state index contributed by atoms with van der Waals surface area (Å²) >= 11 is 0. The molecule has 0 spiro atoms. The molecule has 4 rings (SSSR count). The van der Waals surface area contributed by atoms with E-state index in [0.717, 1.165) is 23.1 Å². The third kappa shape index (κ3) is 5.51. The van der Waals surface area contributed by atoms with Crippen LogP contribution in [0.5, 0.6) is 5.75 Å². The predicted molar refractivity (Wildman–Crippen MR) is 129 cm³/mol. The van der Waals surface area contributed by atoms with Gasteiger partial charge in [-0.2, -0.15) is 0 Å². The van der Waals surface area contributed by atoms with Gasteiger partial charge in [0.1, 0.15) is 0 Å². The Labute approximate surface area is 188 Å². The number of hydrogen-bond acceptors (Lipinski definition) is 1. The maximum atomic E-state index is 14.7. The summed E-state index contributed by atoms with van der Waals surface area (Å²) in [6.45, 7) is 4.52. The van der Waals surface area contributed by atoms with E-state index in [1.165, 1.54) is 69.8 Å². The molecule has 0 amide bonds. The first-order valence-corrected chi connectivity index (χ1v) is 12.7. The summed E-state index contributed by atoms with van der Waals surface area (Å²) in [6, 6.07) is 10.1. The van der Waals surface area contributed by atoms with Crippen LogP contribution in [0.4, 0.5) is 4.39 Å². The fraction of sp³-hybridized carbons (Fsp3) is 0.586. The van der Waals surface area contributed by atoms with Crippen LogP contribution in [-0.4, -0.2) is 6.61 Å². The van der Waals surface area contributed by atoms with Crippen molar-refractivity contribution < 1.29 is 9.13 Å². The highest BCUT2D eigenvalue weighted by Gasteiger charge is 2.25. The number of fused-ring (bicyclic) bond motifs is 1. The molecule has 1 nitrogen and oxygen atoms in total. The third-order valence-electron chi connectivity index (χ3n) is 7.90. The minimum Gasteiger partial charge on any atom is -0.491 e. The number of hydrogen-bond donors (Lipinski definition) is 0. The molecule has 0 radical (unpaired) electrons. The Bertz CT molecular complexity index is 870. The lowest BCUT2D eigenvalue weighted by atomic mass is 9.74. The Hall–Kier alpha value is -1.83. The fourth-order valence-electron chi connectivity index (χ4n) is 6.01.